The van der Waals surface area contributed by atoms with E-state index >= 15 is 0 Å². The summed E-state index contributed by atoms with van der Waals surface area (Å²) in [6.07, 6.45) is 9.31. The van der Waals surface area contributed by atoms with Crippen LogP contribution in [0.2, 0.25) is 0 Å². The van der Waals surface area contributed by atoms with Gasteiger partial charge in [0, 0.05) is 0 Å². The van der Waals surface area contributed by atoms with Crippen molar-refractivity contribution in [2.75, 3.05) is 0 Å². The highest BCUT2D eigenvalue weighted by Crippen LogP contribution is 2.68. The molecule has 4 rings (SSSR count). The first-order chi connectivity index (χ1) is 11.2. The minimum Gasteiger partial charge on any atom is -0.390 e. The first-order valence-electron chi connectivity index (χ1n) is 9.83. The Labute approximate surface area is 145 Å². The third kappa shape index (κ3) is 1.94. The van der Waals surface area contributed by atoms with Crippen LogP contribution in [0, 0.1) is 34.5 Å². The zero-order chi connectivity index (χ0) is 17.3. The summed E-state index contributed by atoms with van der Waals surface area (Å²) in [5.74, 6) is 1.96. The van der Waals surface area contributed by atoms with Crippen LogP contribution in [0.25, 0.3) is 0 Å². The van der Waals surface area contributed by atoms with Crippen molar-refractivity contribution in [2.45, 2.75) is 77.4 Å². The molecule has 0 radical (unpaired) electrons. The van der Waals surface area contributed by atoms with Crippen molar-refractivity contribution in [1.29, 1.82) is 0 Å². The summed E-state index contributed by atoms with van der Waals surface area (Å²) in [4.78, 5) is 12.3. The largest absolute Gasteiger partial charge is 0.390 e. The number of aldehydes is 1. The first kappa shape index (κ1) is 16.8. The van der Waals surface area contributed by atoms with Crippen molar-refractivity contribution >= 4 is 6.29 Å². The fourth-order valence-corrected chi connectivity index (χ4v) is 7.24. The first-order valence-corrected chi connectivity index (χ1v) is 9.83. The van der Waals surface area contributed by atoms with Crippen LogP contribution in [0.15, 0.2) is 11.6 Å². The predicted molar refractivity (Wildman–Crippen MR) is 93.3 cm³/mol. The van der Waals surface area contributed by atoms with Crippen LogP contribution in [-0.4, -0.2) is 28.2 Å². The smallest absolute Gasteiger partial charge is 0.130 e. The molecule has 0 aromatic heterocycles. The zero-order valence-corrected chi connectivity index (χ0v) is 15.3. The van der Waals surface area contributed by atoms with Crippen LogP contribution in [0.4, 0.5) is 0 Å². The van der Waals surface area contributed by atoms with Gasteiger partial charge in [-0.05, 0) is 81.0 Å². The Kier molecular flexibility index (Phi) is 3.61. The van der Waals surface area contributed by atoms with Gasteiger partial charge < -0.3 is 15.0 Å². The molecule has 0 aliphatic heterocycles. The maximum atomic E-state index is 12.3. The third-order valence-electron chi connectivity index (χ3n) is 8.81. The van der Waals surface area contributed by atoms with Gasteiger partial charge in [-0.2, -0.15) is 0 Å². The Hall–Kier alpha value is -0.670. The number of carbonyl (C=O) groups is 1. The summed E-state index contributed by atoms with van der Waals surface area (Å²) < 4.78 is 0. The minimum atomic E-state index is -0.574. The average molecular weight is 332 g/mol. The standard InChI is InChI=1S/C21H32O3/c1-13-10-14-11-15(23)4-9-21(14,12-22)17-5-7-19(2)16(18(13)17)6-8-20(19,3)24/h11-13,15-18,23-24H,4-10H2,1-3H3/t13?,15-,16-,17-,18-,19-,20-,21+/m0/s1. The molecule has 1 unspecified atom stereocenters. The van der Waals surface area contributed by atoms with Crippen molar-refractivity contribution in [3.63, 3.8) is 0 Å². The van der Waals surface area contributed by atoms with Gasteiger partial charge in [-0.25, -0.2) is 0 Å². The zero-order valence-electron chi connectivity index (χ0n) is 15.3. The van der Waals surface area contributed by atoms with Crippen LogP contribution in [0.3, 0.4) is 0 Å². The van der Waals surface area contributed by atoms with Gasteiger partial charge in [0.2, 0.25) is 0 Å². The Morgan fingerprint density at radius 2 is 1.83 bits per heavy atom. The SMILES string of the molecule is CC1CC2=C[C@@H](O)CC[C@]2(C=O)[C@H]2CC[C@@]3(C)[C@@H](CC[C@]3(C)O)[C@H]12. The molecule has 0 amide bonds. The molecule has 2 N–H and O–H groups in total. The van der Waals surface area contributed by atoms with E-state index in [-0.39, 0.29) is 16.9 Å². The molecule has 24 heavy (non-hydrogen) atoms. The second-order valence-electron chi connectivity index (χ2n) is 9.70. The van der Waals surface area contributed by atoms with E-state index in [9.17, 15) is 15.0 Å². The molecule has 4 aliphatic carbocycles. The van der Waals surface area contributed by atoms with E-state index in [0.717, 1.165) is 38.5 Å². The number of aliphatic hydroxyl groups excluding tert-OH is 1. The van der Waals surface area contributed by atoms with E-state index in [2.05, 4.69) is 13.8 Å². The molecule has 4 aliphatic rings. The molecule has 3 heteroatoms. The summed E-state index contributed by atoms with van der Waals surface area (Å²) >= 11 is 0. The summed E-state index contributed by atoms with van der Waals surface area (Å²) in [7, 11) is 0. The van der Waals surface area contributed by atoms with E-state index in [1.54, 1.807) is 0 Å². The van der Waals surface area contributed by atoms with Gasteiger partial charge in [0.25, 0.3) is 0 Å². The molecule has 0 aromatic rings. The van der Waals surface area contributed by atoms with E-state index in [4.69, 9.17) is 0 Å². The number of carbonyl (C=O) groups excluding carboxylic acids is 1. The monoisotopic (exact) mass is 332 g/mol. The lowest BCUT2D eigenvalue weighted by Crippen LogP contribution is -2.57. The molecule has 0 heterocycles. The number of aliphatic hydroxyl groups is 2. The molecule has 3 nitrogen and oxygen atoms in total. The fraction of sp³-hybridized carbons (Fsp3) is 0.857. The summed E-state index contributed by atoms with van der Waals surface area (Å²) in [6.45, 7) is 6.64. The Morgan fingerprint density at radius 1 is 1.12 bits per heavy atom. The van der Waals surface area contributed by atoms with E-state index in [1.165, 1.54) is 11.9 Å². The number of hydrogen-bond acceptors (Lipinski definition) is 3. The highest BCUT2D eigenvalue weighted by molar-refractivity contribution is 5.67. The van der Waals surface area contributed by atoms with Gasteiger partial charge in [-0.1, -0.05) is 25.5 Å². The van der Waals surface area contributed by atoms with Crippen LogP contribution in [-0.2, 0) is 4.79 Å². The summed E-state index contributed by atoms with van der Waals surface area (Å²) in [6, 6.07) is 0. The molecule has 3 saturated carbocycles. The highest BCUT2D eigenvalue weighted by atomic mass is 16.3. The van der Waals surface area contributed by atoms with Crippen LogP contribution < -0.4 is 0 Å². The van der Waals surface area contributed by atoms with Crippen molar-refractivity contribution in [3.8, 4) is 0 Å². The quantitative estimate of drug-likeness (QED) is 0.571. The molecular weight excluding hydrogens is 300 g/mol. The lowest BCUT2D eigenvalue weighted by atomic mass is 9.44. The van der Waals surface area contributed by atoms with Gasteiger partial charge >= 0.3 is 0 Å². The molecule has 0 saturated heterocycles. The van der Waals surface area contributed by atoms with E-state index in [0.29, 0.717) is 30.1 Å². The number of allylic oxidation sites excluding steroid dienone is 1. The molecule has 0 bridgehead atoms. The Balaban J connectivity index is 1.77. The molecule has 0 aromatic carbocycles. The van der Waals surface area contributed by atoms with Gasteiger partial charge in [0.15, 0.2) is 0 Å². The molecular formula is C21H32O3. The van der Waals surface area contributed by atoms with Crippen LogP contribution in [0.1, 0.15) is 65.7 Å². The van der Waals surface area contributed by atoms with Crippen LogP contribution >= 0.6 is 0 Å². The fourth-order valence-electron chi connectivity index (χ4n) is 7.24. The van der Waals surface area contributed by atoms with Crippen molar-refractivity contribution in [2.24, 2.45) is 34.5 Å². The number of fused-ring (bicyclic) bond motifs is 5. The maximum absolute atomic E-state index is 12.3. The van der Waals surface area contributed by atoms with Crippen molar-refractivity contribution in [3.05, 3.63) is 11.6 Å². The van der Waals surface area contributed by atoms with Crippen LogP contribution in [0.5, 0.6) is 0 Å². The van der Waals surface area contributed by atoms with Gasteiger partial charge in [-0.15, -0.1) is 0 Å². The topological polar surface area (TPSA) is 57.5 Å². The number of hydrogen-bond donors (Lipinski definition) is 2. The minimum absolute atomic E-state index is 0.0120. The highest BCUT2D eigenvalue weighted by Gasteiger charge is 2.64. The third-order valence-corrected chi connectivity index (χ3v) is 8.81. The van der Waals surface area contributed by atoms with Gasteiger partial charge in [-0.3, -0.25) is 0 Å². The molecule has 0 spiro atoms. The van der Waals surface area contributed by atoms with Crippen molar-refractivity contribution in [1.82, 2.24) is 0 Å². The lowest BCUT2D eigenvalue weighted by molar-refractivity contribution is -0.144. The second-order valence-corrected chi connectivity index (χ2v) is 9.70. The van der Waals surface area contributed by atoms with Crippen molar-refractivity contribution < 1.29 is 15.0 Å². The van der Waals surface area contributed by atoms with E-state index in [1.807, 2.05) is 13.0 Å². The Bertz CT molecular complexity index is 580. The molecule has 8 atom stereocenters. The summed E-state index contributed by atoms with van der Waals surface area (Å²) in [5, 5.41) is 21.1. The van der Waals surface area contributed by atoms with E-state index < -0.39 is 5.60 Å². The second kappa shape index (κ2) is 5.17. The predicted octanol–water partition coefficient (Wildman–Crippen LogP) is 3.49. The number of rotatable bonds is 1. The maximum Gasteiger partial charge on any atom is 0.130 e. The molecule has 3 fully saturated rings. The average Bonchev–Trinajstić information content (AvgIpc) is 2.77. The van der Waals surface area contributed by atoms with Gasteiger partial charge in [0.1, 0.15) is 6.29 Å². The lowest BCUT2D eigenvalue weighted by Gasteiger charge is -2.60. The normalized spacial score (nSPS) is 56.7. The Morgan fingerprint density at radius 3 is 2.54 bits per heavy atom. The van der Waals surface area contributed by atoms with Gasteiger partial charge in [0.05, 0.1) is 17.1 Å². The molecule has 134 valence electrons. The summed E-state index contributed by atoms with van der Waals surface area (Å²) in [5.41, 5.74) is 0.280.